The number of anilines is 1. The number of ketones is 1. The maximum absolute atomic E-state index is 12.8. The molecule has 0 spiro atoms. The van der Waals surface area contributed by atoms with E-state index >= 15 is 0 Å². The Morgan fingerprint density at radius 3 is 2.36 bits per heavy atom. The Morgan fingerprint density at radius 1 is 1.11 bits per heavy atom. The zero-order valence-electron chi connectivity index (χ0n) is 16.1. The van der Waals surface area contributed by atoms with Gasteiger partial charge in [-0.15, -0.1) is 0 Å². The van der Waals surface area contributed by atoms with E-state index < -0.39 is 23.7 Å². The molecule has 0 unspecified atom stereocenters. The second-order valence-electron chi connectivity index (χ2n) is 6.69. The summed E-state index contributed by atoms with van der Waals surface area (Å²) in [4.78, 5) is 53.4. The average Bonchev–Trinajstić information content (AvgIpc) is 2.63. The number of pyridine rings is 1. The van der Waals surface area contributed by atoms with Crippen LogP contribution in [0.2, 0.25) is 0 Å². The Balaban J connectivity index is 1.96. The van der Waals surface area contributed by atoms with Gasteiger partial charge in [-0.2, -0.15) is 0 Å². The molecule has 1 N–H and O–H groups in total. The molecule has 2 heterocycles. The SMILES string of the molecule is CC(=O)c1ccc(NC(=O)Cn2c(=O)c3c(C)cc(C)nc3n(C)c2=O)cc1. The van der Waals surface area contributed by atoms with Crippen molar-refractivity contribution in [2.75, 3.05) is 5.32 Å². The number of nitrogens with zero attached hydrogens (tertiary/aromatic N) is 3. The molecule has 0 saturated heterocycles. The molecule has 0 fully saturated rings. The number of nitrogens with one attached hydrogen (secondary N) is 1. The van der Waals surface area contributed by atoms with Crippen molar-refractivity contribution in [2.45, 2.75) is 27.3 Å². The van der Waals surface area contributed by atoms with Gasteiger partial charge >= 0.3 is 5.69 Å². The molecule has 0 aliphatic heterocycles. The number of hydrogen-bond donors (Lipinski definition) is 1. The van der Waals surface area contributed by atoms with Gasteiger partial charge in [0, 0.05) is 24.0 Å². The number of carbonyl (C=O) groups excluding carboxylic acids is 2. The maximum atomic E-state index is 12.8. The van der Waals surface area contributed by atoms with E-state index in [9.17, 15) is 19.2 Å². The number of amides is 1. The van der Waals surface area contributed by atoms with Crippen molar-refractivity contribution < 1.29 is 9.59 Å². The zero-order valence-corrected chi connectivity index (χ0v) is 16.1. The Labute approximate surface area is 160 Å². The van der Waals surface area contributed by atoms with E-state index in [-0.39, 0.29) is 5.78 Å². The molecular weight excluding hydrogens is 360 g/mol. The van der Waals surface area contributed by atoms with Crippen LogP contribution in [0.5, 0.6) is 0 Å². The van der Waals surface area contributed by atoms with Crippen LogP contribution in [0.15, 0.2) is 39.9 Å². The molecule has 0 aliphatic carbocycles. The molecule has 0 bridgehead atoms. The van der Waals surface area contributed by atoms with Crippen molar-refractivity contribution in [2.24, 2.45) is 7.05 Å². The van der Waals surface area contributed by atoms with Crippen LogP contribution in [-0.2, 0) is 18.4 Å². The van der Waals surface area contributed by atoms with Gasteiger partial charge in [0.15, 0.2) is 5.78 Å². The molecule has 0 atom stereocenters. The van der Waals surface area contributed by atoms with Crippen molar-refractivity contribution in [3.8, 4) is 0 Å². The first-order valence-corrected chi connectivity index (χ1v) is 8.67. The lowest BCUT2D eigenvalue weighted by Crippen LogP contribution is -2.42. The van der Waals surface area contributed by atoms with E-state index in [1.54, 1.807) is 44.2 Å². The first-order valence-electron chi connectivity index (χ1n) is 8.67. The fourth-order valence-corrected chi connectivity index (χ4v) is 3.09. The van der Waals surface area contributed by atoms with E-state index in [1.807, 2.05) is 0 Å². The fraction of sp³-hybridized carbons (Fsp3) is 0.250. The fourth-order valence-electron chi connectivity index (χ4n) is 3.09. The summed E-state index contributed by atoms with van der Waals surface area (Å²) >= 11 is 0. The summed E-state index contributed by atoms with van der Waals surface area (Å²) in [6.07, 6.45) is 0. The highest BCUT2D eigenvalue weighted by atomic mass is 16.2. The van der Waals surface area contributed by atoms with Gasteiger partial charge in [-0.3, -0.25) is 23.5 Å². The number of Topliss-reactive ketones (excluding diaryl/α,β-unsaturated/α-hetero) is 1. The molecule has 8 nitrogen and oxygen atoms in total. The summed E-state index contributed by atoms with van der Waals surface area (Å²) in [5, 5.41) is 2.94. The zero-order chi connectivity index (χ0) is 20.6. The number of rotatable bonds is 4. The number of aryl methyl sites for hydroxylation is 3. The Kier molecular flexibility index (Phi) is 4.96. The smallest absolute Gasteiger partial charge is 0.325 e. The molecule has 2 aromatic heterocycles. The summed E-state index contributed by atoms with van der Waals surface area (Å²) < 4.78 is 2.16. The van der Waals surface area contributed by atoms with Gasteiger partial charge in [0.1, 0.15) is 12.2 Å². The Hall–Kier alpha value is -3.55. The molecule has 0 saturated carbocycles. The van der Waals surface area contributed by atoms with Crippen LogP contribution in [0.25, 0.3) is 11.0 Å². The second kappa shape index (κ2) is 7.22. The third kappa shape index (κ3) is 3.48. The largest absolute Gasteiger partial charge is 0.332 e. The third-order valence-electron chi connectivity index (χ3n) is 4.50. The van der Waals surface area contributed by atoms with Crippen LogP contribution in [-0.4, -0.2) is 25.8 Å². The maximum Gasteiger partial charge on any atom is 0.332 e. The predicted molar refractivity (Wildman–Crippen MR) is 106 cm³/mol. The van der Waals surface area contributed by atoms with Crippen LogP contribution < -0.4 is 16.6 Å². The van der Waals surface area contributed by atoms with E-state index in [0.29, 0.717) is 33.5 Å². The molecule has 28 heavy (non-hydrogen) atoms. The van der Waals surface area contributed by atoms with E-state index in [2.05, 4.69) is 10.3 Å². The van der Waals surface area contributed by atoms with Crippen LogP contribution in [0, 0.1) is 13.8 Å². The molecule has 8 heteroatoms. The van der Waals surface area contributed by atoms with Crippen molar-refractivity contribution in [1.29, 1.82) is 0 Å². The predicted octanol–water partition coefficient (Wildman–Crippen LogP) is 1.55. The number of carbonyl (C=O) groups is 2. The molecule has 0 radical (unpaired) electrons. The molecule has 0 aliphatic rings. The van der Waals surface area contributed by atoms with Crippen LogP contribution in [0.3, 0.4) is 0 Å². The van der Waals surface area contributed by atoms with Gasteiger partial charge in [-0.1, -0.05) is 0 Å². The normalized spacial score (nSPS) is 10.9. The Morgan fingerprint density at radius 2 is 1.75 bits per heavy atom. The molecular formula is C20H20N4O4. The standard InChI is InChI=1S/C20H20N4O4/c1-11-9-12(2)21-18-17(11)19(27)24(20(28)23(18)4)10-16(26)22-15-7-5-14(6-8-15)13(3)25/h5-9H,10H2,1-4H3,(H,22,26). The molecule has 144 valence electrons. The van der Waals surface area contributed by atoms with E-state index in [0.717, 1.165) is 4.57 Å². The summed E-state index contributed by atoms with van der Waals surface area (Å²) in [5.74, 6) is -0.602. The monoisotopic (exact) mass is 380 g/mol. The minimum absolute atomic E-state index is 0.0803. The van der Waals surface area contributed by atoms with Crippen molar-refractivity contribution in [3.05, 3.63) is 68.0 Å². The minimum Gasteiger partial charge on any atom is -0.325 e. The van der Waals surface area contributed by atoms with Gasteiger partial charge in [-0.05, 0) is 56.7 Å². The van der Waals surface area contributed by atoms with Crippen molar-refractivity contribution in [1.82, 2.24) is 14.1 Å². The summed E-state index contributed by atoms with van der Waals surface area (Å²) in [6, 6.07) is 8.13. The highest BCUT2D eigenvalue weighted by Crippen LogP contribution is 2.12. The van der Waals surface area contributed by atoms with Crippen LogP contribution in [0.1, 0.15) is 28.5 Å². The summed E-state index contributed by atoms with van der Waals surface area (Å²) in [6.45, 7) is 4.58. The van der Waals surface area contributed by atoms with Crippen molar-refractivity contribution >= 4 is 28.4 Å². The number of benzene rings is 1. The Bertz CT molecular complexity index is 1220. The molecule has 1 amide bonds. The minimum atomic E-state index is -0.614. The van der Waals surface area contributed by atoms with E-state index in [4.69, 9.17) is 0 Å². The number of fused-ring (bicyclic) bond motifs is 1. The van der Waals surface area contributed by atoms with E-state index in [1.165, 1.54) is 18.5 Å². The third-order valence-corrected chi connectivity index (χ3v) is 4.50. The average molecular weight is 380 g/mol. The van der Waals surface area contributed by atoms with Gasteiger partial charge < -0.3 is 5.32 Å². The summed E-state index contributed by atoms with van der Waals surface area (Å²) in [7, 11) is 1.52. The van der Waals surface area contributed by atoms with Crippen LogP contribution in [0.4, 0.5) is 5.69 Å². The van der Waals surface area contributed by atoms with Gasteiger partial charge in [0.2, 0.25) is 5.91 Å². The van der Waals surface area contributed by atoms with Crippen LogP contribution >= 0.6 is 0 Å². The molecule has 3 rings (SSSR count). The summed E-state index contributed by atoms with van der Waals surface area (Å²) in [5.41, 5.74) is 1.51. The topological polar surface area (TPSA) is 103 Å². The quantitative estimate of drug-likeness (QED) is 0.692. The highest BCUT2D eigenvalue weighted by Gasteiger charge is 2.17. The number of hydrogen-bond acceptors (Lipinski definition) is 5. The number of aromatic nitrogens is 3. The highest BCUT2D eigenvalue weighted by molar-refractivity contribution is 5.95. The first-order chi connectivity index (χ1) is 13.2. The van der Waals surface area contributed by atoms with Gasteiger partial charge in [-0.25, -0.2) is 9.78 Å². The van der Waals surface area contributed by atoms with Crippen molar-refractivity contribution in [3.63, 3.8) is 0 Å². The lowest BCUT2D eigenvalue weighted by molar-refractivity contribution is -0.116. The van der Waals surface area contributed by atoms with Gasteiger partial charge in [0.25, 0.3) is 5.56 Å². The lowest BCUT2D eigenvalue weighted by atomic mass is 10.1. The first kappa shape index (κ1) is 19.2. The molecule has 3 aromatic rings. The molecule has 1 aromatic carbocycles. The second-order valence-corrected chi connectivity index (χ2v) is 6.69. The lowest BCUT2D eigenvalue weighted by Gasteiger charge is -2.12. The van der Waals surface area contributed by atoms with Gasteiger partial charge in [0.05, 0.1) is 5.39 Å².